The molecule has 0 spiro atoms. The molecule has 2 aromatic heterocycles. The van der Waals surface area contributed by atoms with Gasteiger partial charge in [-0.15, -0.1) is 11.3 Å². The van der Waals surface area contributed by atoms with E-state index in [1.807, 2.05) is 24.5 Å². The van der Waals surface area contributed by atoms with Crippen molar-refractivity contribution in [3.8, 4) is 0 Å². The van der Waals surface area contributed by atoms with Crippen LogP contribution in [0.5, 0.6) is 0 Å². The predicted octanol–water partition coefficient (Wildman–Crippen LogP) is 3.51. The quantitative estimate of drug-likeness (QED) is 0.915. The predicted molar refractivity (Wildman–Crippen MR) is 84.7 cm³/mol. The van der Waals surface area contributed by atoms with Gasteiger partial charge in [-0.25, -0.2) is 0 Å². The zero-order chi connectivity index (χ0) is 14.1. The van der Waals surface area contributed by atoms with Crippen molar-refractivity contribution in [1.82, 2.24) is 9.88 Å². The maximum atomic E-state index is 6.13. The first-order valence-corrected chi connectivity index (χ1v) is 8.00. The fraction of sp³-hybridized carbons (Fsp3) is 0.438. The summed E-state index contributed by atoms with van der Waals surface area (Å²) in [6, 6.07) is 5.06. The largest absolute Gasteiger partial charge is 0.398 e. The Bertz CT molecular complexity index is 588. The third-order valence-electron chi connectivity index (χ3n) is 4.03. The van der Waals surface area contributed by atoms with E-state index >= 15 is 0 Å². The highest BCUT2D eigenvalue weighted by Gasteiger charge is 2.29. The summed E-state index contributed by atoms with van der Waals surface area (Å²) < 4.78 is 0. The van der Waals surface area contributed by atoms with Gasteiger partial charge < -0.3 is 5.73 Å². The Hall–Kier alpha value is -1.39. The Kier molecular flexibility index (Phi) is 3.76. The van der Waals surface area contributed by atoms with E-state index in [2.05, 4.69) is 34.3 Å². The number of nitrogen functional groups attached to an aromatic ring is 1. The number of anilines is 1. The number of nitrogens with two attached hydrogens (primary N) is 1. The van der Waals surface area contributed by atoms with Crippen LogP contribution in [0.2, 0.25) is 0 Å². The van der Waals surface area contributed by atoms with Gasteiger partial charge in [-0.1, -0.05) is 6.07 Å². The molecule has 0 bridgehead atoms. The van der Waals surface area contributed by atoms with Gasteiger partial charge in [0.2, 0.25) is 0 Å². The minimum atomic E-state index is 0.723. The van der Waals surface area contributed by atoms with E-state index < -0.39 is 0 Å². The average molecular weight is 287 g/mol. The summed E-state index contributed by atoms with van der Waals surface area (Å²) in [4.78, 5) is 8.56. The Labute approximate surface area is 124 Å². The molecule has 20 heavy (non-hydrogen) atoms. The monoisotopic (exact) mass is 287 g/mol. The van der Waals surface area contributed by atoms with Crippen LogP contribution < -0.4 is 5.73 Å². The highest BCUT2D eigenvalue weighted by Crippen LogP contribution is 2.31. The van der Waals surface area contributed by atoms with Crippen LogP contribution in [0.3, 0.4) is 0 Å². The maximum Gasteiger partial charge on any atom is 0.0594 e. The molecule has 3 nitrogen and oxygen atoms in total. The van der Waals surface area contributed by atoms with Gasteiger partial charge in [0.15, 0.2) is 0 Å². The lowest BCUT2D eigenvalue weighted by Gasteiger charge is -2.22. The highest BCUT2D eigenvalue weighted by molar-refractivity contribution is 7.09. The Morgan fingerprint density at radius 1 is 1.35 bits per heavy atom. The number of rotatable bonds is 5. The molecule has 1 fully saturated rings. The summed E-state index contributed by atoms with van der Waals surface area (Å²) in [7, 11) is 0. The van der Waals surface area contributed by atoms with Crippen LogP contribution in [0.25, 0.3) is 0 Å². The molecule has 0 radical (unpaired) electrons. The van der Waals surface area contributed by atoms with E-state index in [4.69, 9.17) is 5.73 Å². The second kappa shape index (κ2) is 5.54. The standard InChI is InChI=1S/C16H21N3S/c1-11-8-18-15(12(2)16(11)17)10-19(13-5-6-13)9-14-4-3-7-20-14/h3-4,7-8,13H,5-6,9-10H2,1-2H3,(H2,17,18). The summed E-state index contributed by atoms with van der Waals surface area (Å²) in [5, 5.41) is 2.15. The molecule has 0 amide bonds. The van der Waals surface area contributed by atoms with E-state index in [0.29, 0.717) is 0 Å². The van der Waals surface area contributed by atoms with E-state index in [0.717, 1.165) is 41.6 Å². The number of hydrogen-bond donors (Lipinski definition) is 1. The number of nitrogens with zero attached hydrogens (tertiary/aromatic N) is 2. The average Bonchev–Trinajstić information content (AvgIpc) is 3.16. The van der Waals surface area contributed by atoms with Crippen molar-refractivity contribution in [1.29, 1.82) is 0 Å². The molecule has 0 saturated heterocycles. The van der Waals surface area contributed by atoms with Crippen molar-refractivity contribution < 1.29 is 0 Å². The normalized spacial score (nSPS) is 14.9. The molecule has 0 atom stereocenters. The smallest absolute Gasteiger partial charge is 0.0594 e. The lowest BCUT2D eigenvalue weighted by molar-refractivity contribution is 0.244. The number of aromatic nitrogens is 1. The summed E-state index contributed by atoms with van der Waals surface area (Å²) in [6.45, 7) is 6.03. The van der Waals surface area contributed by atoms with Crippen LogP contribution in [0.15, 0.2) is 23.7 Å². The Morgan fingerprint density at radius 3 is 2.80 bits per heavy atom. The van der Waals surface area contributed by atoms with Crippen molar-refractivity contribution in [3.05, 3.63) is 45.4 Å². The Balaban J connectivity index is 1.78. The maximum absolute atomic E-state index is 6.13. The van der Waals surface area contributed by atoms with Crippen molar-refractivity contribution in [2.45, 2.75) is 45.8 Å². The fourth-order valence-electron chi connectivity index (χ4n) is 2.50. The number of aryl methyl sites for hydroxylation is 1. The second-order valence-electron chi connectivity index (χ2n) is 5.64. The molecule has 0 aromatic carbocycles. The molecule has 2 heterocycles. The van der Waals surface area contributed by atoms with Crippen molar-refractivity contribution >= 4 is 17.0 Å². The van der Waals surface area contributed by atoms with Crippen LogP contribution in [0.1, 0.15) is 34.5 Å². The zero-order valence-electron chi connectivity index (χ0n) is 12.1. The number of pyridine rings is 1. The molecule has 1 aliphatic carbocycles. The van der Waals surface area contributed by atoms with E-state index in [1.165, 1.54) is 17.7 Å². The summed E-state index contributed by atoms with van der Waals surface area (Å²) in [5.74, 6) is 0. The molecular weight excluding hydrogens is 266 g/mol. The van der Waals surface area contributed by atoms with Crippen LogP contribution in [-0.4, -0.2) is 15.9 Å². The molecule has 0 aliphatic heterocycles. The van der Waals surface area contributed by atoms with Crippen LogP contribution in [0.4, 0.5) is 5.69 Å². The third kappa shape index (κ3) is 2.86. The molecule has 2 N–H and O–H groups in total. The minimum absolute atomic E-state index is 0.723. The van der Waals surface area contributed by atoms with Gasteiger partial charge in [-0.05, 0) is 49.3 Å². The van der Waals surface area contributed by atoms with Gasteiger partial charge >= 0.3 is 0 Å². The van der Waals surface area contributed by atoms with Crippen LogP contribution in [-0.2, 0) is 13.1 Å². The number of thiophene rings is 1. The molecule has 106 valence electrons. The molecule has 2 aromatic rings. The molecule has 3 rings (SSSR count). The molecule has 1 aliphatic rings. The number of hydrogen-bond acceptors (Lipinski definition) is 4. The SMILES string of the molecule is Cc1cnc(CN(Cc2cccs2)C2CC2)c(C)c1N. The minimum Gasteiger partial charge on any atom is -0.398 e. The van der Waals surface area contributed by atoms with Crippen LogP contribution >= 0.6 is 11.3 Å². The van der Waals surface area contributed by atoms with Gasteiger partial charge in [-0.2, -0.15) is 0 Å². The third-order valence-corrected chi connectivity index (χ3v) is 4.89. The van der Waals surface area contributed by atoms with Gasteiger partial charge in [0, 0.05) is 35.9 Å². The first-order chi connectivity index (χ1) is 9.65. The summed E-state index contributed by atoms with van der Waals surface area (Å²) in [5.41, 5.74) is 10.4. The molecule has 4 heteroatoms. The zero-order valence-corrected chi connectivity index (χ0v) is 12.9. The van der Waals surface area contributed by atoms with E-state index in [9.17, 15) is 0 Å². The first kappa shape index (κ1) is 13.6. The van der Waals surface area contributed by atoms with Gasteiger partial charge in [0.05, 0.1) is 5.69 Å². The van der Waals surface area contributed by atoms with Gasteiger partial charge in [0.1, 0.15) is 0 Å². The van der Waals surface area contributed by atoms with E-state index in [-0.39, 0.29) is 0 Å². The second-order valence-corrected chi connectivity index (χ2v) is 6.67. The molecular formula is C16H21N3S. The molecule has 0 unspecified atom stereocenters. The first-order valence-electron chi connectivity index (χ1n) is 7.12. The highest BCUT2D eigenvalue weighted by atomic mass is 32.1. The molecule has 1 saturated carbocycles. The Morgan fingerprint density at radius 2 is 2.15 bits per heavy atom. The fourth-order valence-corrected chi connectivity index (χ4v) is 3.23. The topological polar surface area (TPSA) is 42.2 Å². The van der Waals surface area contributed by atoms with Crippen LogP contribution in [0, 0.1) is 13.8 Å². The van der Waals surface area contributed by atoms with Crippen molar-refractivity contribution in [2.24, 2.45) is 0 Å². The summed E-state index contributed by atoms with van der Waals surface area (Å²) >= 11 is 1.83. The van der Waals surface area contributed by atoms with Gasteiger partial charge in [-0.3, -0.25) is 9.88 Å². The van der Waals surface area contributed by atoms with E-state index in [1.54, 1.807) is 0 Å². The summed E-state index contributed by atoms with van der Waals surface area (Å²) in [6.07, 6.45) is 4.52. The van der Waals surface area contributed by atoms with Crippen molar-refractivity contribution in [2.75, 3.05) is 5.73 Å². The van der Waals surface area contributed by atoms with Gasteiger partial charge in [0.25, 0.3) is 0 Å². The van der Waals surface area contributed by atoms with Crippen molar-refractivity contribution in [3.63, 3.8) is 0 Å². The lowest BCUT2D eigenvalue weighted by Crippen LogP contribution is -2.25. The lowest BCUT2D eigenvalue weighted by atomic mass is 10.1.